The molecular formula is C18H18O5. The Bertz CT molecular complexity index is 738. The lowest BCUT2D eigenvalue weighted by molar-refractivity contribution is -0.132. The second-order valence-electron chi connectivity index (χ2n) is 5.37. The van der Waals surface area contributed by atoms with Crippen molar-refractivity contribution < 1.29 is 23.7 Å². The summed E-state index contributed by atoms with van der Waals surface area (Å²) in [6.45, 7) is 3.76. The summed E-state index contributed by atoms with van der Waals surface area (Å²) in [6, 6.07) is 11.2. The Morgan fingerprint density at radius 2 is 1.96 bits per heavy atom. The molecule has 0 saturated heterocycles. The van der Waals surface area contributed by atoms with Crippen molar-refractivity contribution in [3.05, 3.63) is 47.5 Å². The number of benzene rings is 2. The normalized spacial score (nSPS) is 15.9. The van der Waals surface area contributed by atoms with Gasteiger partial charge in [0.1, 0.15) is 6.61 Å². The van der Waals surface area contributed by atoms with E-state index in [0.717, 1.165) is 22.6 Å². The molecule has 1 heterocycles. The number of methoxy groups -OCH3 is 1. The lowest BCUT2D eigenvalue weighted by Gasteiger charge is -2.27. The summed E-state index contributed by atoms with van der Waals surface area (Å²) in [5, 5.41) is 0. The molecule has 0 saturated carbocycles. The second-order valence-corrected chi connectivity index (χ2v) is 5.37. The van der Waals surface area contributed by atoms with Crippen LogP contribution in [0.15, 0.2) is 36.4 Å². The number of carbonyl (C=O) groups is 1. The van der Waals surface area contributed by atoms with Crippen LogP contribution in [-0.2, 0) is 4.79 Å². The Morgan fingerprint density at radius 1 is 1.13 bits per heavy atom. The number of aryl methyl sites for hydroxylation is 1. The van der Waals surface area contributed by atoms with E-state index < -0.39 is 5.97 Å². The molecule has 1 aliphatic heterocycles. The summed E-state index contributed by atoms with van der Waals surface area (Å²) in [5.74, 6) is 1.95. The van der Waals surface area contributed by atoms with Crippen molar-refractivity contribution in [2.75, 3.05) is 13.7 Å². The maximum absolute atomic E-state index is 11.1. The van der Waals surface area contributed by atoms with Crippen molar-refractivity contribution in [2.24, 2.45) is 0 Å². The molecule has 2 aromatic rings. The van der Waals surface area contributed by atoms with Gasteiger partial charge in [0, 0.05) is 6.92 Å². The van der Waals surface area contributed by atoms with Gasteiger partial charge in [-0.05, 0) is 42.3 Å². The van der Waals surface area contributed by atoms with Crippen LogP contribution < -0.4 is 18.9 Å². The van der Waals surface area contributed by atoms with Crippen LogP contribution in [0, 0.1) is 6.92 Å². The molecule has 0 N–H and O–H groups in total. The summed E-state index contributed by atoms with van der Waals surface area (Å²) < 4.78 is 22.2. The van der Waals surface area contributed by atoms with Crippen LogP contribution in [0.3, 0.4) is 0 Å². The monoisotopic (exact) mass is 314 g/mol. The Balaban J connectivity index is 1.86. The van der Waals surface area contributed by atoms with Crippen LogP contribution >= 0.6 is 0 Å². The molecule has 0 aliphatic carbocycles. The molecule has 0 radical (unpaired) electrons. The number of hydrogen-bond donors (Lipinski definition) is 0. The number of fused-ring (bicyclic) bond motifs is 1. The fourth-order valence-corrected chi connectivity index (χ4v) is 2.47. The summed E-state index contributed by atoms with van der Waals surface area (Å²) in [5.41, 5.74) is 2.00. The first-order valence-electron chi connectivity index (χ1n) is 7.33. The standard InChI is InChI=1S/C18H18O5/c1-11-4-6-14-17(8-11)23-18(10-21-14)13-5-7-15(22-12(2)19)16(9-13)20-3/h4-9,18H,10H2,1-3H3/t18-/m0/s1. The Labute approximate surface area is 134 Å². The number of esters is 1. The van der Waals surface area contributed by atoms with E-state index in [4.69, 9.17) is 18.9 Å². The topological polar surface area (TPSA) is 54.0 Å². The zero-order valence-electron chi connectivity index (χ0n) is 13.3. The number of hydrogen-bond acceptors (Lipinski definition) is 5. The minimum atomic E-state index is -0.391. The molecule has 1 atom stereocenters. The van der Waals surface area contributed by atoms with Crippen LogP contribution in [0.1, 0.15) is 24.2 Å². The van der Waals surface area contributed by atoms with E-state index in [-0.39, 0.29) is 6.10 Å². The van der Waals surface area contributed by atoms with E-state index in [2.05, 4.69) is 0 Å². The van der Waals surface area contributed by atoms with E-state index in [1.54, 1.807) is 12.1 Å². The SMILES string of the molecule is COc1cc([C@@H]2COc3ccc(C)cc3O2)ccc1OC(C)=O. The van der Waals surface area contributed by atoms with Gasteiger partial charge in [-0.15, -0.1) is 0 Å². The third kappa shape index (κ3) is 3.23. The zero-order valence-corrected chi connectivity index (χ0v) is 13.3. The summed E-state index contributed by atoms with van der Waals surface area (Å²) in [7, 11) is 1.53. The second kappa shape index (κ2) is 6.20. The van der Waals surface area contributed by atoms with Gasteiger partial charge < -0.3 is 18.9 Å². The maximum atomic E-state index is 11.1. The molecule has 23 heavy (non-hydrogen) atoms. The third-order valence-corrected chi connectivity index (χ3v) is 3.57. The van der Waals surface area contributed by atoms with E-state index in [0.29, 0.717) is 18.1 Å². The molecule has 1 aliphatic rings. The smallest absolute Gasteiger partial charge is 0.308 e. The lowest BCUT2D eigenvalue weighted by Crippen LogP contribution is -2.21. The van der Waals surface area contributed by atoms with Crippen molar-refractivity contribution in [2.45, 2.75) is 20.0 Å². The Morgan fingerprint density at radius 3 is 2.70 bits per heavy atom. The van der Waals surface area contributed by atoms with Gasteiger partial charge in [-0.2, -0.15) is 0 Å². The third-order valence-electron chi connectivity index (χ3n) is 3.57. The van der Waals surface area contributed by atoms with E-state index in [1.165, 1.54) is 14.0 Å². The molecule has 0 fully saturated rings. The first kappa shape index (κ1) is 15.2. The molecule has 0 aromatic heterocycles. The zero-order chi connectivity index (χ0) is 16.4. The first-order chi connectivity index (χ1) is 11.1. The van der Waals surface area contributed by atoms with E-state index >= 15 is 0 Å². The van der Waals surface area contributed by atoms with Gasteiger partial charge in [0.2, 0.25) is 0 Å². The summed E-state index contributed by atoms with van der Waals surface area (Å²) in [4.78, 5) is 11.1. The summed E-state index contributed by atoms with van der Waals surface area (Å²) >= 11 is 0. The molecule has 0 amide bonds. The van der Waals surface area contributed by atoms with Crippen molar-refractivity contribution in [1.82, 2.24) is 0 Å². The van der Waals surface area contributed by atoms with Crippen LogP contribution in [-0.4, -0.2) is 19.7 Å². The minimum Gasteiger partial charge on any atom is -0.493 e. The van der Waals surface area contributed by atoms with Gasteiger partial charge >= 0.3 is 5.97 Å². The van der Waals surface area contributed by atoms with Crippen LogP contribution in [0.2, 0.25) is 0 Å². The van der Waals surface area contributed by atoms with Gasteiger partial charge in [-0.1, -0.05) is 12.1 Å². The number of carbonyl (C=O) groups excluding carboxylic acids is 1. The number of rotatable bonds is 3. The Kier molecular flexibility index (Phi) is 4.10. The van der Waals surface area contributed by atoms with Gasteiger partial charge in [0.05, 0.1) is 7.11 Å². The van der Waals surface area contributed by atoms with Crippen LogP contribution in [0.25, 0.3) is 0 Å². The molecule has 120 valence electrons. The highest BCUT2D eigenvalue weighted by Gasteiger charge is 2.24. The molecule has 5 nitrogen and oxygen atoms in total. The predicted molar refractivity (Wildman–Crippen MR) is 84.3 cm³/mol. The molecule has 3 rings (SSSR count). The van der Waals surface area contributed by atoms with Gasteiger partial charge in [-0.25, -0.2) is 0 Å². The van der Waals surface area contributed by atoms with Crippen LogP contribution in [0.5, 0.6) is 23.0 Å². The average Bonchev–Trinajstić information content (AvgIpc) is 2.54. The molecular weight excluding hydrogens is 296 g/mol. The maximum Gasteiger partial charge on any atom is 0.308 e. The average molecular weight is 314 g/mol. The van der Waals surface area contributed by atoms with Crippen molar-refractivity contribution in [1.29, 1.82) is 0 Å². The molecule has 0 unspecified atom stereocenters. The Hall–Kier alpha value is -2.69. The van der Waals surface area contributed by atoms with Gasteiger partial charge in [0.25, 0.3) is 0 Å². The van der Waals surface area contributed by atoms with Gasteiger partial charge in [0.15, 0.2) is 29.1 Å². The van der Waals surface area contributed by atoms with Gasteiger partial charge in [-0.3, -0.25) is 4.79 Å². The van der Waals surface area contributed by atoms with Crippen LogP contribution in [0.4, 0.5) is 0 Å². The largest absolute Gasteiger partial charge is 0.493 e. The van der Waals surface area contributed by atoms with Crippen molar-refractivity contribution in [3.63, 3.8) is 0 Å². The molecule has 5 heteroatoms. The predicted octanol–water partition coefficient (Wildman–Crippen LogP) is 3.44. The molecule has 0 bridgehead atoms. The fraction of sp³-hybridized carbons (Fsp3) is 0.278. The molecule has 0 spiro atoms. The minimum absolute atomic E-state index is 0.246. The first-order valence-corrected chi connectivity index (χ1v) is 7.33. The van der Waals surface area contributed by atoms with Crippen molar-refractivity contribution >= 4 is 5.97 Å². The lowest BCUT2D eigenvalue weighted by atomic mass is 10.1. The highest BCUT2D eigenvalue weighted by Crippen LogP contribution is 2.38. The summed E-state index contributed by atoms with van der Waals surface area (Å²) in [6.07, 6.45) is -0.246. The fourth-order valence-electron chi connectivity index (χ4n) is 2.47. The van der Waals surface area contributed by atoms with Crippen molar-refractivity contribution in [3.8, 4) is 23.0 Å². The molecule has 2 aromatic carbocycles. The van der Waals surface area contributed by atoms with E-state index in [9.17, 15) is 4.79 Å². The quantitative estimate of drug-likeness (QED) is 0.641. The number of ether oxygens (including phenoxy) is 4. The highest BCUT2D eigenvalue weighted by molar-refractivity contribution is 5.70. The highest BCUT2D eigenvalue weighted by atomic mass is 16.6. The van der Waals surface area contributed by atoms with E-state index in [1.807, 2.05) is 31.2 Å².